The van der Waals surface area contributed by atoms with Crippen molar-refractivity contribution >= 4 is 11.4 Å². The van der Waals surface area contributed by atoms with Gasteiger partial charge in [-0.05, 0) is 24.6 Å². The lowest BCUT2D eigenvalue weighted by molar-refractivity contribution is -0.384. The van der Waals surface area contributed by atoms with Gasteiger partial charge in [-0.1, -0.05) is 18.2 Å². The SMILES string of the molecule is CC(Nc1cccc(O)c1)c1ccc([N+](=O)[O-])cc1. The second-order valence-electron chi connectivity index (χ2n) is 4.26. The quantitative estimate of drug-likeness (QED) is 0.650. The maximum atomic E-state index is 10.6. The van der Waals surface area contributed by atoms with Crippen LogP contribution in [0.25, 0.3) is 0 Å². The summed E-state index contributed by atoms with van der Waals surface area (Å²) < 4.78 is 0. The summed E-state index contributed by atoms with van der Waals surface area (Å²) in [4.78, 5) is 10.2. The number of hydrogen-bond donors (Lipinski definition) is 2. The molecular formula is C14H14N2O3. The molecule has 1 unspecified atom stereocenters. The standard InChI is InChI=1S/C14H14N2O3/c1-10(15-12-3-2-4-14(17)9-12)11-5-7-13(8-6-11)16(18)19/h2-10,15,17H,1H3. The number of rotatable bonds is 4. The summed E-state index contributed by atoms with van der Waals surface area (Å²) >= 11 is 0. The average molecular weight is 258 g/mol. The first kappa shape index (κ1) is 12.9. The second kappa shape index (κ2) is 5.39. The average Bonchev–Trinajstić information content (AvgIpc) is 2.39. The molecule has 1 atom stereocenters. The Morgan fingerprint density at radius 3 is 2.47 bits per heavy atom. The molecule has 0 saturated carbocycles. The van der Waals surface area contributed by atoms with Crippen molar-refractivity contribution in [1.82, 2.24) is 0 Å². The molecule has 0 radical (unpaired) electrons. The van der Waals surface area contributed by atoms with Gasteiger partial charge in [0.25, 0.3) is 5.69 Å². The number of benzene rings is 2. The van der Waals surface area contributed by atoms with Crippen molar-refractivity contribution in [3.05, 3.63) is 64.2 Å². The number of nitrogens with zero attached hydrogens (tertiary/aromatic N) is 1. The lowest BCUT2D eigenvalue weighted by Gasteiger charge is -2.15. The number of hydrogen-bond acceptors (Lipinski definition) is 4. The number of phenols is 1. The Morgan fingerprint density at radius 2 is 1.89 bits per heavy atom. The maximum absolute atomic E-state index is 10.6. The van der Waals surface area contributed by atoms with Gasteiger partial charge >= 0.3 is 0 Å². The summed E-state index contributed by atoms with van der Waals surface area (Å²) in [7, 11) is 0. The minimum atomic E-state index is -0.420. The summed E-state index contributed by atoms with van der Waals surface area (Å²) in [6.45, 7) is 1.95. The van der Waals surface area contributed by atoms with E-state index in [0.29, 0.717) is 0 Å². The topological polar surface area (TPSA) is 75.4 Å². The number of anilines is 1. The van der Waals surface area contributed by atoms with Crippen LogP contribution in [0.4, 0.5) is 11.4 Å². The second-order valence-corrected chi connectivity index (χ2v) is 4.26. The summed E-state index contributed by atoms with van der Waals surface area (Å²) in [5, 5.41) is 23.2. The molecule has 0 bridgehead atoms. The highest BCUT2D eigenvalue weighted by Gasteiger charge is 2.09. The zero-order valence-corrected chi connectivity index (χ0v) is 10.4. The van der Waals surface area contributed by atoms with Gasteiger partial charge in [-0.25, -0.2) is 0 Å². The first-order valence-corrected chi connectivity index (χ1v) is 5.86. The minimum absolute atomic E-state index is 0.0115. The first-order valence-electron chi connectivity index (χ1n) is 5.86. The molecule has 5 nitrogen and oxygen atoms in total. The first-order chi connectivity index (χ1) is 9.06. The van der Waals surface area contributed by atoms with Crippen LogP contribution < -0.4 is 5.32 Å². The van der Waals surface area contributed by atoms with E-state index >= 15 is 0 Å². The molecule has 0 saturated heterocycles. The zero-order valence-electron chi connectivity index (χ0n) is 10.4. The van der Waals surface area contributed by atoms with Crippen molar-refractivity contribution in [2.45, 2.75) is 13.0 Å². The number of nitrogens with one attached hydrogen (secondary N) is 1. The van der Waals surface area contributed by atoms with Gasteiger partial charge in [-0.15, -0.1) is 0 Å². The van der Waals surface area contributed by atoms with Crippen molar-refractivity contribution < 1.29 is 10.0 Å². The van der Waals surface area contributed by atoms with E-state index in [4.69, 9.17) is 0 Å². The molecule has 2 aromatic rings. The zero-order chi connectivity index (χ0) is 13.8. The van der Waals surface area contributed by atoms with Gasteiger partial charge in [0, 0.05) is 29.9 Å². The van der Waals surface area contributed by atoms with Gasteiger partial charge in [-0.3, -0.25) is 10.1 Å². The Kier molecular flexibility index (Phi) is 3.66. The van der Waals surface area contributed by atoms with Gasteiger partial charge in [0.1, 0.15) is 5.75 Å². The van der Waals surface area contributed by atoms with Crippen LogP contribution in [0.3, 0.4) is 0 Å². The fourth-order valence-corrected chi connectivity index (χ4v) is 1.81. The fourth-order valence-electron chi connectivity index (χ4n) is 1.81. The molecule has 0 heterocycles. The number of nitro groups is 1. The Bertz CT molecular complexity index is 581. The molecule has 0 spiro atoms. The predicted molar refractivity (Wildman–Crippen MR) is 73.2 cm³/mol. The van der Waals surface area contributed by atoms with Gasteiger partial charge in [0.2, 0.25) is 0 Å². The van der Waals surface area contributed by atoms with Gasteiger partial charge in [-0.2, -0.15) is 0 Å². The Labute approximate surface area is 110 Å². The number of non-ortho nitro benzene ring substituents is 1. The smallest absolute Gasteiger partial charge is 0.269 e. The highest BCUT2D eigenvalue weighted by atomic mass is 16.6. The van der Waals surface area contributed by atoms with Gasteiger partial charge in [0.15, 0.2) is 0 Å². The van der Waals surface area contributed by atoms with E-state index < -0.39 is 4.92 Å². The van der Waals surface area contributed by atoms with Crippen molar-refractivity contribution in [3.63, 3.8) is 0 Å². The molecule has 0 aliphatic carbocycles. The normalized spacial score (nSPS) is 11.8. The van der Waals surface area contributed by atoms with Crippen LogP contribution in [0.1, 0.15) is 18.5 Å². The molecule has 98 valence electrons. The lowest BCUT2D eigenvalue weighted by atomic mass is 10.1. The highest BCUT2D eigenvalue weighted by Crippen LogP contribution is 2.23. The minimum Gasteiger partial charge on any atom is -0.508 e. The van der Waals surface area contributed by atoms with E-state index in [9.17, 15) is 15.2 Å². The molecule has 19 heavy (non-hydrogen) atoms. The molecule has 2 aromatic carbocycles. The predicted octanol–water partition coefficient (Wildman–Crippen LogP) is 3.47. The van der Waals surface area contributed by atoms with E-state index in [1.54, 1.807) is 30.3 Å². The maximum Gasteiger partial charge on any atom is 0.269 e. The third kappa shape index (κ3) is 3.22. The van der Waals surface area contributed by atoms with Crippen LogP contribution in [0, 0.1) is 10.1 Å². The number of phenolic OH excluding ortho intramolecular Hbond substituents is 1. The van der Waals surface area contributed by atoms with E-state index in [2.05, 4.69) is 5.32 Å². The molecule has 5 heteroatoms. The number of aromatic hydroxyl groups is 1. The molecule has 0 aliphatic heterocycles. The highest BCUT2D eigenvalue weighted by molar-refractivity contribution is 5.49. The van der Waals surface area contributed by atoms with Crippen molar-refractivity contribution in [3.8, 4) is 5.75 Å². The molecule has 0 aromatic heterocycles. The van der Waals surface area contributed by atoms with E-state index in [1.807, 2.05) is 13.0 Å². The third-order valence-corrected chi connectivity index (χ3v) is 2.83. The Balaban J connectivity index is 2.11. The van der Waals surface area contributed by atoms with E-state index in [-0.39, 0.29) is 17.5 Å². The van der Waals surface area contributed by atoms with Crippen LogP contribution in [-0.4, -0.2) is 10.0 Å². The van der Waals surface area contributed by atoms with Crippen LogP contribution in [-0.2, 0) is 0 Å². The summed E-state index contributed by atoms with van der Waals surface area (Å²) in [6, 6.07) is 13.2. The van der Waals surface area contributed by atoms with Crippen LogP contribution in [0.2, 0.25) is 0 Å². The van der Waals surface area contributed by atoms with Crippen LogP contribution >= 0.6 is 0 Å². The fraction of sp³-hybridized carbons (Fsp3) is 0.143. The Morgan fingerprint density at radius 1 is 1.21 bits per heavy atom. The summed E-state index contributed by atoms with van der Waals surface area (Å²) in [5.74, 6) is 0.195. The molecule has 0 aliphatic rings. The molecule has 0 fully saturated rings. The van der Waals surface area contributed by atoms with Crippen molar-refractivity contribution in [2.24, 2.45) is 0 Å². The molecule has 0 amide bonds. The Hall–Kier alpha value is -2.56. The monoisotopic (exact) mass is 258 g/mol. The molecular weight excluding hydrogens is 244 g/mol. The molecule has 2 N–H and O–H groups in total. The third-order valence-electron chi connectivity index (χ3n) is 2.83. The summed E-state index contributed by atoms with van der Waals surface area (Å²) in [5.41, 5.74) is 1.81. The van der Waals surface area contributed by atoms with Gasteiger partial charge < -0.3 is 10.4 Å². The van der Waals surface area contributed by atoms with Crippen LogP contribution in [0.5, 0.6) is 5.75 Å². The lowest BCUT2D eigenvalue weighted by Crippen LogP contribution is -2.06. The van der Waals surface area contributed by atoms with Crippen molar-refractivity contribution in [1.29, 1.82) is 0 Å². The van der Waals surface area contributed by atoms with Crippen molar-refractivity contribution in [2.75, 3.05) is 5.32 Å². The largest absolute Gasteiger partial charge is 0.508 e. The van der Waals surface area contributed by atoms with E-state index in [1.165, 1.54) is 12.1 Å². The summed E-state index contributed by atoms with van der Waals surface area (Å²) in [6.07, 6.45) is 0. The van der Waals surface area contributed by atoms with E-state index in [0.717, 1.165) is 11.3 Å². The molecule has 2 rings (SSSR count). The van der Waals surface area contributed by atoms with Crippen LogP contribution in [0.15, 0.2) is 48.5 Å². The van der Waals surface area contributed by atoms with Gasteiger partial charge in [0.05, 0.1) is 4.92 Å². The number of nitro benzene ring substituents is 1.